The molecule has 25 heavy (non-hydrogen) atoms. The summed E-state index contributed by atoms with van der Waals surface area (Å²) in [6.45, 7) is 0. The predicted octanol–water partition coefficient (Wildman–Crippen LogP) is 1.25. The third-order valence-corrected chi connectivity index (χ3v) is 5.83. The van der Waals surface area contributed by atoms with Gasteiger partial charge in [0.1, 0.15) is 11.1 Å². The van der Waals surface area contributed by atoms with Crippen molar-refractivity contribution in [3.05, 3.63) is 47.2 Å². The molecule has 9 heteroatoms. The Labute approximate surface area is 153 Å². The predicted molar refractivity (Wildman–Crippen MR) is 92.1 cm³/mol. The number of fused-ring (bicyclic) bond motifs is 1. The van der Waals surface area contributed by atoms with Gasteiger partial charge >= 0.3 is 5.97 Å². The molecule has 2 aliphatic heterocycles. The van der Waals surface area contributed by atoms with Gasteiger partial charge in [-0.3, -0.25) is 14.5 Å². The molecule has 2 atom stereocenters. The number of rotatable bonds is 5. The Hall–Kier alpha value is -2.03. The summed E-state index contributed by atoms with van der Waals surface area (Å²) in [5.41, 5.74) is -0.898. The van der Waals surface area contributed by atoms with Crippen molar-refractivity contribution in [2.75, 3.05) is 18.7 Å². The molecule has 0 radical (unpaired) electrons. The molecule has 1 aromatic rings. The molecule has 132 valence electrons. The number of alkyl halides is 1. The summed E-state index contributed by atoms with van der Waals surface area (Å²) in [5, 5.41) is 11.4. The van der Waals surface area contributed by atoms with Gasteiger partial charge in [-0.1, -0.05) is 18.2 Å². The number of hydrogen-bond acceptors (Lipinski definition) is 5. The number of nitrogens with zero attached hydrogens (tertiary/aromatic N) is 1. The van der Waals surface area contributed by atoms with Crippen molar-refractivity contribution in [1.29, 1.82) is 0 Å². The number of aliphatic carboxylic acids is 1. The molecule has 0 aromatic heterocycles. The number of carbonyl (C=O) groups excluding carboxylic acids is 2. The molecule has 0 spiro atoms. The molecule has 1 saturated heterocycles. The lowest BCUT2D eigenvalue weighted by Gasteiger charge is -2.55. The zero-order valence-corrected chi connectivity index (χ0v) is 14.8. The summed E-state index contributed by atoms with van der Waals surface area (Å²) < 4.78 is 5.35. The van der Waals surface area contributed by atoms with Gasteiger partial charge in [-0.2, -0.15) is 0 Å². The van der Waals surface area contributed by atoms with Crippen molar-refractivity contribution < 1.29 is 24.2 Å². The summed E-state index contributed by atoms with van der Waals surface area (Å²) in [6, 6.07) is 8.41. The average Bonchev–Trinajstić information content (AvgIpc) is 2.64. The molecule has 2 N–H and O–H groups in total. The highest BCUT2D eigenvalue weighted by Crippen LogP contribution is 2.46. The van der Waals surface area contributed by atoms with E-state index in [9.17, 15) is 19.5 Å². The van der Waals surface area contributed by atoms with Crippen molar-refractivity contribution in [2.45, 2.75) is 11.1 Å². The number of benzene rings is 1. The Morgan fingerprint density at radius 1 is 1.44 bits per heavy atom. The zero-order valence-electron chi connectivity index (χ0n) is 13.2. The molecular weight excluding hydrogens is 368 g/mol. The Morgan fingerprint density at radius 2 is 2.12 bits per heavy atom. The third kappa shape index (κ3) is 2.70. The summed E-state index contributed by atoms with van der Waals surface area (Å²) >= 11 is 7.10. The lowest BCUT2D eigenvalue weighted by atomic mass is 9.98. The van der Waals surface area contributed by atoms with Crippen LogP contribution in [0.25, 0.3) is 0 Å². The third-order valence-electron chi connectivity index (χ3n) is 4.13. The normalized spacial score (nSPS) is 25.3. The second kappa shape index (κ2) is 6.70. The second-order valence-electron chi connectivity index (χ2n) is 5.49. The van der Waals surface area contributed by atoms with Crippen molar-refractivity contribution in [3.8, 4) is 0 Å². The lowest BCUT2D eigenvalue weighted by Crippen LogP contribution is -2.80. The number of amides is 2. The Balaban J connectivity index is 1.90. The lowest BCUT2D eigenvalue weighted by molar-refractivity contribution is -0.188. The number of nitrogens with one attached hydrogen (secondary N) is 1. The topological polar surface area (TPSA) is 95.9 Å². The molecule has 2 amide bonds. The summed E-state index contributed by atoms with van der Waals surface area (Å²) in [6.07, 6.45) is 0. The van der Waals surface area contributed by atoms with E-state index >= 15 is 0 Å². The first kappa shape index (κ1) is 17.8. The monoisotopic (exact) mass is 382 g/mol. The van der Waals surface area contributed by atoms with Crippen LogP contribution in [0.15, 0.2) is 41.6 Å². The largest absolute Gasteiger partial charge is 0.477 e. The fraction of sp³-hybridized carbons (Fsp3) is 0.312. The van der Waals surface area contributed by atoms with Gasteiger partial charge in [0.2, 0.25) is 0 Å². The van der Waals surface area contributed by atoms with Crippen LogP contribution in [0.4, 0.5) is 0 Å². The minimum absolute atomic E-state index is 0.0154. The Morgan fingerprint density at radius 3 is 2.68 bits per heavy atom. The first-order valence-electron chi connectivity index (χ1n) is 7.35. The molecule has 2 heterocycles. The molecule has 0 aliphatic carbocycles. The summed E-state index contributed by atoms with van der Waals surface area (Å²) in [5.74, 6) is -1.97. The first-order valence-corrected chi connectivity index (χ1v) is 8.94. The smallest absolute Gasteiger partial charge is 0.352 e. The van der Waals surface area contributed by atoms with Crippen LogP contribution in [0.5, 0.6) is 0 Å². The van der Waals surface area contributed by atoms with E-state index in [1.54, 1.807) is 30.3 Å². The van der Waals surface area contributed by atoms with E-state index in [1.165, 1.54) is 18.9 Å². The highest BCUT2D eigenvalue weighted by Gasteiger charge is 2.66. The number of carbonyl (C=O) groups is 3. The maximum Gasteiger partial charge on any atom is 0.352 e. The number of carboxylic acid groups (broad SMARTS) is 1. The number of halogens is 1. The molecule has 0 saturated carbocycles. The Kier molecular flexibility index (Phi) is 4.77. The van der Waals surface area contributed by atoms with Crippen molar-refractivity contribution in [2.24, 2.45) is 0 Å². The van der Waals surface area contributed by atoms with E-state index in [-0.39, 0.29) is 11.6 Å². The number of β-lactam (4-membered cyclic amide) rings is 1. The number of ether oxygens (including phenoxy) is 1. The van der Waals surface area contributed by atoms with Gasteiger partial charge in [0.25, 0.3) is 17.5 Å². The highest BCUT2D eigenvalue weighted by molar-refractivity contribution is 8.00. The van der Waals surface area contributed by atoms with Crippen LogP contribution >= 0.6 is 23.4 Å². The summed E-state index contributed by atoms with van der Waals surface area (Å²) in [7, 11) is 1.31. The molecule has 1 fully saturated rings. The van der Waals surface area contributed by atoms with E-state index in [0.29, 0.717) is 16.9 Å². The number of carboxylic acids is 1. The van der Waals surface area contributed by atoms with E-state index in [4.69, 9.17) is 16.3 Å². The van der Waals surface area contributed by atoms with E-state index in [2.05, 4.69) is 5.32 Å². The van der Waals surface area contributed by atoms with Gasteiger partial charge < -0.3 is 15.2 Å². The zero-order chi connectivity index (χ0) is 18.2. The SMILES string of the molecule is CO[C@@]1(NC(=O)c2ccccc2)C(=O)N2C(C(=O)O)=C(CCl)CS[C@H]21. The van der Waals surface area contributed by atoms with Gasteiger partial charge in [-0.25, -0.2) is 4.79 Å². The van der Waals surface area contributed by atoms with E-state index in [1.807, 2.05) is 0 Å². The summed E-state index contributed by atoms with van der Waals surface area (Å²) in [4.78, 5) is 37.9. The van der Waals surface area contributed by atoms with E-state index < -0.39 is 28.9 Å². The fourth-order valence-electron chi connectivity index (χ4n) is 2.88. The van der Waals surface area contributed by atoms with Crippen LogP contribution in [0.1, 0.15) is 10.4 Å². The van der Waals surface area contributed by atoms with Crippen LogP contribution in [0.2, 0.25) is 0 Å². The number of thioether (sulfide) groups is 1. The maximum atomic E-state index is 12.7. The van der Waals surface area contributed by atoms with Gasteiger partial charge in [0.15, 0.2) is 0 Å². The quantitative estimate of drug-likeness (QED) is 0.452. The van der Waals surface area contributed by atoms with Crippen molar-refractivity contribution >= 4 is 41.1 Å². The molecule has 2 aliphatic rings. The molecule has 7 nitrogen and oxygen atoms in total. The van der Waals surface area contributed by atoms with Crippen LogP contribution < -0.4 is 5.32 Å². The minimum atomic E-state index is -1.60. The van der Waals surface area contributed by atoms with Crippen LogP contribution in [-0.2, 0) is 14.3 Å². The highest BCUT2D eigenvalue weighted by atomic mass is 35.5. The molecule has 1 aromatic carbocycles. The standard InChI is InChI=1S/C16H15ClN2O5S/c1-24-16(18-12(20)9-5-3-2-4-6-9)14(23)19-11(13(21)22)10(7-17)8-25-15(16)19/h2-6,15H,7-8H2,1H3,(H,18,20)(H,21,22)/t15-,16-/m0/s1. The van der Waals surface area contributed by atoms with Gasteiger partial charge in [0.05, 0.1) is 0 Å². The minimum Gasteiger partial charge on any atom is -0.477 e. The molecular formula is C16H15ClN2O5S. The van der Waals surface area contributed by atoms with E-state index in [0.717, 1.165) is 4.90 Å². The van der Waals surface area contributed by atoms with Gasteiger partial charge in [-0.15, -0.1) is 23.4 Å². The van der Waals surface area contributed by atoms with Gasteiger partial charge in [-0.05, 0) is 17.7 Å². The van der Waals surface area contributed by atoms with Crippen LogP contribution in [-0.4, -0.2) is 57.6 Å². The van der Waals surface area contributed by atoms with Crippen molar-refractivity contribution in [3.63, 3.8) is 0 Å². The van der Waals surface area contributed by atoms with Crippen molar-refractivity contribution in [1.82, 2.24) is 10.2 Å². The molecule has 0 unspecified atom stereocenters. The average molecular weight is 383 g/mol. The molecule has 3 rings (SSSR count). The first-order chi connectivity index (χ1) is 12.0. The second-order valence-corrected chi connectivity index (χ2v) is 6.83. The molecule has 0 bridgehead atoms. The number of methoxy groups -OCH3 is 1. The van der Waals surface area contributed by atoms with Gasteiger partial charge in [0, 0.05) is 24.3 Å². The fourth-order valence-corrected chi connectivity index (χ4v) is 4.65. The Bertz CT molecular complexity index is 769. The van der Waals surface area contributed by atoms with Crippen LogP contribution in [0.3, 0.4) is 0 Å². The van der Waals surface area contributed by atoms with Crippen LogP contribution in [0, 0.1) is 0 Å². The maximum absolute atomic E-state index is 12.7. The number of hydrogen-bond donors (Lipinski definition) is 2.